The van der Waals surface area contributed by atoms with Crippen LogP contribution < -0.4 is 5.32 Å². The van der Waals surface area contributed by atoms with Crippen molar-refractivity contribution in [3.63, 3.8) is 0 Å². The summed E-state index contributed by atoms with van der Waals surface area (Å²) in [6, 6.07) is -0.578. The molecule has 0 aliphatic heterocycles. The Hall–Kier alpha value is -0.610. The summed E-state index contributed by atoms with van der Waals surface area (Å²) < 4.78 is 0. The summed E-state index contributed by atoms with van der Waals surface area (Å²) in [6.45, 7) is 1.64. The van der Waals surface area contributed by atoms with Crippen LogP contribution in [0.15, 0.2) is 0 Å². The summed E-state index contributed by atoms with van der Waals surface area (Å²) in [5.74, 6) is -0.861. The van der Waals surface area contributed by atoms with Crippen LogP contribution in [0.2, 0.25) is 0 Å². The number of aliphatic hydroxyl groups excluding tert-OH is 1. The van der Waals surface area contributed by atoms with Gasteiger partial charge < -0.3 is 10.2 Å². The Balaban J connectivity index is 2.52. The van der Waals surface area contributed by atoms with Crippen molar-refractivity contribution in [2.24, 2.45) is 0 Å². The molecule has 0 aromatic carbocycles. The third-order valence-corrected chi connectivity index (χ3v) is 2.76. The van der Waals surface area contributed by atoms with Crippen LogP contribution in [0.25, 0.3) is 0 Å². The van der Waals surface area contributed by atoms with E-state index in [1.54, 1.807) is 6.92 Å². The van der Waals surface area contributed by atoms with Crippen LogP contribution in [0.3, 0.4) is 0 Å². The quantitative estimate of drug-likeness (QED) is 0.594. The molecule has 1 fully saturated rings. The fourth-order valence-corrected chi connectivity index (χ4v) is 1.92. The molecule has 0 spiro atoms. The Morgan fingerprint density at radius 2 is 2.08 bits per heavy atom. The van der Waals surface area contributed by atoms with Crippen molar-refractivity contribution < 1.29 is 15.0 Å². The number of aliphatic carboxylic acids is 1. The molecule has 0 aromatic rings. The molecule has 4 nitrogen and oxygen atoms in total. The molecule has 1 aliphatic rings. The van der Waals surface area contributed by atoms with Gasteiger partial charge in [0, 0.05) is 5.54 Å². The lowest BCUT2D eigenvalue weighted by Gasteiger charge is -2.30. The summed E-state index contributed by atoms with van der Waals surface area (Å²) in [4.78, 5) is 10.6. The molecule has 13 heavy (non-hydrogen) atoms. The smallest absolute Gasteiger partial charge is 0.320 e. The summed E-state index contributed by atoms with van der Waals surface area (Å²) in [6.07, 6.45) is 3.89. The molecular weight excluding hydrogens is 170 g/mol. The van der Waals surface area contributed by atoms with Crippen LogP contribution in [-0.2, 0) is 4.79 Å². The summed E-state index contributed by atoms with van der Waals surface area (Å²) in [5, 5.41) is 20.9. The highest BCUT2D eigenvalue weighted by molar-refractivity contribution is 5.73. The van der Waals surface area contributed by atoms with Gasteiger partial charge in [0.15, 0.2) is 0 Å². The van der Waals surface area contributed by atoms with Gasteiger partial charge in [-0.3, -0.25) is 10.1 Å². The predicted octanol–water partition coefficient (Wildman–Crippen LogP) is 0.354. The molecule has 3 N–H and O–H groups in total. The average molecular weight is 187 g/mol. The lowest BCUT2D eigenvalue weighted by Crippen LogP contribution is -2.52. The number of rotatable bonds is 4. The van der Waals surface area contributed by atoms with Crippen LogP contribution in [0.5, 0.6) is 0 Å². The second-order valence-corrected chi connectivity index (χ2v) is 3.85. The van der Waals surface area contributed by atoms with Gasteiger partial charge in [-0.25, -0.2) is 0 Å². The predicted molar refractivity (Wildman–Crippen MR) is 48.5 cm³/mol. The number of carboxylic acid groups (broad SMARTS) is 1. The molecule has 76 valence electrons. The Morgan fingerprint density at radius 3 is 2.46 bits per heavy atom. The number of nitrogens with one attached hydrogen (secondary N) is 1. The Morgan fingerprint density at radius 1 is 1.54 bits per heavy atom. The topological polar surface area (TPSA) is 69.6 Å². The molecule has 1 atom stereocenters. The van der Waals surface area contributed by atoms with Crippen molar-refractivity contribution in [1.82, 2.24) is 5.32 Å². The Labute approximate surface area is 78.0 Å². The first kappa shape index (κ1) is 10.5. The molecule has 0 amide bonds. The highest BCUT2D eigenvalue weighted by Gasteiger charge is 2.35. The van der Waals surface area contributed by atoms with Gasteiger partial charge in [-0.15, -0.1) is 0 Å². The van der Waals surface area contributed by atoms with E-state index in [-0.39, 0.29) is 12.1 Å². The first-order chi connectivity index (χ1) is 6.09. The monoisotopic (exact) mass is 187 g/mol. The van der Waals surface area contributed by atoms with Crippen molar-refractivity contribution in [3.05, 3.63) is 0 Å². The van der Waals surface area contributed by atoms with Gasteiger partial charge in [-0.05, 0) is 19.8 Å². The molecule has 1 saturated carbocycles. The largest absolute Gasteiger partial charge is 0.480 e. The maximum atomic E-state index is 10.6. The van der Waals surface area contributed by atoms with Crippen molar-refractivity contribution in [3.8, 4) is 0 Å². The maximum absolute atomic E-state index is 10.6. The number of hydrogen-bond donors (Lipinski definition) is 3. The average Bonchev–Trinajstić information content (AvgIpc) is 2.54. The van der Waals surface area contributed by atoms with Crippen molar-refractivity contribution in [2.45, 2.75) is 44.2 Å². The van der Waals surface area contributed by atoms with E-state index in [4.69, 9.17) is 5.11 Å². The summed E-state index contributed by atoms with van der Waals surface area (Å²) >= 11 is 0. The van der Waals surface area contributed by atoms with Crippen LogP contribution in [0.1, 0.15) is 32.6 Å². The molecule has 0 aromatic heterocycles. The molecule has 4 heteroatoms. The minimum absolute atomic E-state index is 0.0324. The van der Waals surface area contributed by atoms with Crippen LogP contribution in [-0.4, -0.2) is 34.4 Å². The fourth-order valence-electron chi connectivity index (χ4n) is 1.92. The molecule has 1 rings (SSSR count). The first-order valence-corrected chi connectivity index (χ1v) is 4.71. The van der Waals surface area contributed by atoms with Gasteiger partial charge in [0.05, 0.1) is 6.61 Å². The van der Waals surface area contributed by atoms with Gasteiger partial charge in [-0.1, -0.05) is 12.8 Å². The first-order valence-electron chi connectivity index (χ1n) is 4.71. The summed E-state index contributed by atoms with van der Waals surface area (Å²) in [7, 11) is 0. The molecule has 0 bridgehead atoms. The molecule has 1 aliphatic carbocycles. The molecule has 0 unspecified atom stereocenters. The molecular formula is C9H17NO3. The van der Waals surface area contributed by atoms with Crippen LogP contribution >= 0.6 is 0 Å². The van der Waals surface area contributed by atoms with Crippen molar-refractivity contribution in [2.75, 3.05) is 6.61 Å². The van der Waals surface area contributed by atoms with E-state index in [2.05, 4.69) is 5.32 Å². The molecule has 0 saturated heterocycles. The van der Waals surface area contributed by atoms with Gasteiger partial charge in [0.25, 0.3) is 0 Å². The molecule has 0 heterocycles. The zero-order valence-electron chi connectivity index (χ0n) is 7.92. The van der Waals surface area contributed by atoms with Gasteiger partial charge in [0.2, 0.25) is 0 Å². The van der Waals surface area contributed by atoms with Crippen LogP contribution in [0, 0.1) is 0 Å². The van der Waals surface area contributed by atoms with Crippen molar-refractivity contribution >= 4 is 5.97 Å². The number of hydrogen-bond acceptors (Lipinski definition) is 3. The van der Waals surface area contributed by atoms with E-state index in [0.717, 1.165) is 25.7 Å². The number of carbonyl (C=O) groups is 1. The van der Waals surface area contributed by atoms with E-state index >= 15 is 0 Å². The maximum Gasteiger partial charge on any atom is 0.320 e. The Kier molecular flexibility index (Phi) is 3.27. The summed E-state index contributed by atoms with van der Waals surface area (Å²) in [5.41, 5.74) is -0.336. The van der Waals surface area contributed by atoms with Crippen LogP contribution in [0.4, 0.5) is 0 Å². The minimum atomic E-state index is -0.861. The van der Waals surface area contributed by atoms with E-state index in [1.165, 1.54) is 0 Å². The van der Waals surface area contributed by atoms with E-state index in [9.17, 15) is 9.90 Å². The zero-order valence-corrected chi connectivity index (χ0v) is 7.92. The van der Waals surface area contributed by atoms with Crippen molar-refractivity contribution in [1.29, 1.82) is 0 Å². The van der Waals surface area contributed by atoms with Gasteiger partial charge >= 0.3 is 5.97 Å². The fraction of sp³-hybridized carbons (Fsp3) is 0.889. The minimum Gasteiger partial charge on any atom is -0.480 e. The molecule has 0 radical (unpaired) electrons. The van der Waals surface area contributed by atoms with E-state index in [1.807, 2.05) is 0 Å². The van der Waals surface area contributed by atoms with E-state index < -0.39 is 12.0 Å². The van der Waals surface area contributed by atoms with Gasteiger partial charge in [-0.2, -0.15) is 0 Å². The third kappa shape index (κ3) is 2.42. The van der Waals surface area contributed by atoms with E-state index in [0.29, 0.717) is 0 Å². The Bertz CT molecular complexity index is 187. The zero-order chi connectivity index (χ0) is 9.90. The SMILES string of the molecule is C[C@H](NC1(CO)CCCC1)C(=O)O. The second kappa shape index (κ2) is 4.07. The number of aliphatic hydroxyl groups is 1. The van der Waals surface area contributed by atoms with Gasteiger partial charge in [0.1, 0.15) is 6.04 Å². The standard InChI is InChI=1S/C9H17NO3/c1-7(8(12)13)10-9(6-11)4-2-3-5-9/h7,10-11H,2-6H2,1H3,(H,12,13)/t7-/m0/s1. The lowest BCUT2D eigenvalue weighted by atomic mass is 9.98. The second-order valence-electron chi connectivity index (χ2n) is 3.85. The third-order valence-electron chi connectivity index (χ3n) is 2.76. The highest BCUT2D eigenvalue weighted by Crippen LogP contribution is 2.29. The highest BCUT2D eigenvalue weighted by atomic mass is 16.4. The lowest BCUT2D eigenvalue weighted by molar-refractivity contribution is -0.139. The number of carboxylic acids is 1. The normalized spacial score (nSPS) is 22.9.